The first kappa shape index (κ1) is 25.5. The molecule has 5 amide bonds. The number of Topliss-reactive ketones (excluding diaryl/α,β-unsaturated/α-hetero) is 1. The summed E-state index contributed by atoms with van der Waals surface area (Å²) in [7, 11) is 2.69. The van der Waals surface area contributed by atoms with Crippen LogP contribution in [0.3, 0.4) is 0 Å². The predicted octanol–water partition coefficient (Wildman–Crippen LogP) is -3.37. The SMILES string of the molecule is CC(=O)C(=O)N1CCCC1C(=O)N(C)CC(=O)NC(COC(=O)CN(C)C=O)C(N)=O. The van der Waals surface area contributed by atoms with Gasteiger partial charge in [0.1, 0.15) is 25.2 Å². The fraction of sp³-hybridized carbons (Fsp3) is 0.611. The fourth-order valence-electron chi connectivity index (χ4n) is 2.91. The Balaban J connectivity index is 2.63. The van der Waals surface area contributed by atoms with Crippen molar-refractivity contribution in [2.75, 3.05) is 40.3 Å². The number of carbonyl (C=O) groups is 7. The van der Waals surface area contributed by atoms with Gasteiger partial charge in [0, 0.05) is 27.6 Å². The van der Waals surface area contributed by atoms with Crippen molar-refractivity contribution >= 4 is 41.8 Å². The molecule has 13 heteroatoms. The molecule has 1 aliphatic rings. The summed E-state index contributed by atoms with van der Waals surface area (Å²) in [5.41, 5.74) is 5.20. The van der Waals surface area contributed by atoms with Gasteiger partial charge in [-0.1, -0.05) is 0 Å². The minimum Gasteiger partial charge on any atom is -0.462 e. The van der Waals surface area contributed by atoms with E-state index in [4.69, 9.17) is 10.5 Å². The van der Waals surface area contributed by atoms with Gasteiger partial charge in [0.2, 0.25) is 29.9 Å². The van der Waals surface area contributed by atoms with E-state index >= 15 is 0 Å². The maximum Gasteiger partial charge on any atom is 0.325 e. The molecule has 0 radical (unpaired) electrons. The van der Waals surface area contributed by atoms with Crippen LogP contribution in [-0.4, -0.2) is 109 Å². The highest BCUT2D eigenvalue weighted by Gasteiger charge is 2.37. The number of rotatable bonds is 11. The predicted molar refractivity (Wildman–Crippen MR) is 104 cm³/mol. The molecule has 31 heavy (non-hydrogen) atoms. The summed E-state index contributed by atoms with van der Waals surface area (Å²) in [6.07, 6.45) is 1.32. The molecule has 0 aromatic carbocycles. The fourth-order valence-corrected chi connectivity index (χ4v) is 2.91. The molecule has 1 saturated heterocycles. The molecule has 172 valence electrons. The van der Waals surface area contributed by atoms with Gasteiger partial charge in [-0.15, -0.1) is 0 Å². The van der Waals surface area contributed by atoms with Crippen molar-refractivity contribution in [3.63, 3.8) is 0 Å². The Morgan fingerprint density at radius 3 is 2.39 bits per heavy atom. The normalized spacial score (nSPS) is 16.1. The number of nitrogens with two attached hydrogens (primary N) is 1. The average Bonchev–Trinajstić information content (AvgIpc) is 3.18. The summed E-state index contributed by atoms with van der Waals surface area (Å²) < 4.78 is 4.82. The number of primary amides is 1. The molecule has 13 nitrogen and oxygen atoms in total. The maximum absolute atomic E-state index is 12.6. The molecule has 1 aliphatic heterocycles. The summed E-state index contributed by atoms with van der Waals surface area (Å²) in [6, 6.07) is -2.19. The van der Waals surface area contributed by atoms with Crippen molar-refractivity contribution in [3.8, 4) is 0 Å². The molecule has 0 aliphatic carbocycles. The Morgan fingerprint density at radius 1 is 1.19 bits per heavy atom. The van der Waals surface area contributed by atoms with Crippen LogP contribution in [0.1, 0.15) is 19.8 Å². The number of hydrogen-bond acceptors (Lipinski definition) is 8. The molecule has 0 aromatic rings. The van der Waals surface area contributed by atoms with E-state index in [1.54, 1.807) is 0 Å². The van der Waals surface area contributed by atoms with Gasteiger partial charge in [-0.25, -0.2) is 0 Å². The van der Waals surface area contributed by atoms with E-state index in [1.165, 1.54) is 19.0 Å². The number of esters is 1. The molecule has 0 aromatic heterocycles. The highest BCUT2D eigenvalue weighted by molar-refractivity contribution is 6.35. The monoisotopic (exact) mass is 441 g/mol. The molecule has 1 heterocycles. The lowest BCUT2D eigenvalue weighted by atomic mass is 10.2. The van der Waals surface area contributed by atoms with Gasteiger partial charge < -0.3 is 30.5 Å². The molecule has 0 bridgehead atoms. The van der Waals surface area contributed by atoms with E-state index in [9.17, 15) is 33.6 Å². The number of ether oxygens (including phenoxy) is 1. The molecule has 2 atom stereocenters. The number of likely N-dealkylation sites (tertiary alicyclic amines) is 1. The van der Waals surface area contributed by atoms with Crippen molar-refractivity contribution in [2.45, 2.75) is 31.8 Å². The van der Waals surface area contributed by atoms with Crippen LogP contribution < -0.4 is 11.1 Å². The van der Waals surface area contributed by atoms with Crippen LogP contribution in [0.5, 0.6) is 0 Å². The second-order valence-electron chi connectivity index (χ2n) is 7.13. The van der Waals surface area contributed by atoms with Crippen molar-refractivity contribution < 1.29 is 38.3 Å². The minimum absolute atomic E-state index is 0.267. The van der Waals surface area contributed by atoms with E-state index in [0.29, 0.717) is 19.3 Å². The average molecular weight is 441 g/mol. The standard InChI is InChI=1S/C18H27N5O8/c1-11(25)17(29)23-6-4-5-13(23)18(30)22(3)7-14(26)20-12(16(19)28)9-31-15(27)8-21(2)10-24/h10,12-13H,4-9H2,1-3H3,(H2,19,28)(H,20,26). The summed E-state index contributed by atoms with van der Waals surface area (Å²) in [4.78, 5) is 85.0. The number of ketones is 1. The maximum atomic E-state index is 12.6. The van der Waals surface area contributed by atoms with E-state index in [-0.39, 0.29) is 13.1 Å². The molecular weight excluding hydrogens is 414 g/mol. The molecule has 1 rings (SSSR count). The topological polar surface area (TPSA) is 176 Å². The van der Waals surface area contributed by atoms with E-state index in [0.717, 1.165) is 16.7 Å². The van der Waals surface area contributed by atoms with Gasteiger partial charge in [-0.3, -0.25) is 33.6 Å². The number of amides is 5. The van der Waals surface area contributed by atoms with Gasteiger partial charge in [0.25, 0.3) is 5.91 Å². The van der Waals surface area contributed by atoms with Crippen molar-refractivity contribution in [2.24, 2.45) is 5.73 Å². The Labute approximate surface area is 178 Å². The summed E-state index contributed by atoms with van der Waals surface area (Å²) in [5, 5.41) is 2.27. The Kier molecular flexibility index (Phi) is 9.57. The van der Waals surface area contributed by atoms with Gasteiger partial charge in [-0.05, 0) is 12.8 Å². The van der Waals surface area contributed by atoms with Gasteiger partial charge in [-0.2, -0.15) is 0 Å². The zero-order chi connectivity index (χ0) is 23.7. The lowest BCUT2D eigenvalue weighted by molar-refractivity contribution is -0.149. The number of nitrogens with zero attached hydrogens (tertiary/aromatic N) is 3. The third-order valence-electron chi connectivity index (χ3n) is 4.50. The van der Waals surface area contributed by atoms with Gasteiger partial charge >= 0.3 is 5.97 Å². The molecule has 0 saturated carbocycles. The highest BCUT2D eigenvalue weighted by Crippen LogP contribution is 2.19. The second kappa shape index (κ2) is 11.6. The molecule has 0 spiro atoms. The smallest absolute Gasteiger partial charge is 0.325 e. The lowest BCUT2D eigenvalue weighted by Crippen LogP contribution is -2.53. The first-order valence-electron chi connectivity index (χ1n) is 9.44. The van der Waals surface area contributed by atoms with E-state index < -0.39 is 60.6 Å². The van der Waals surface area contributed by atoms with Crippen LogP contribution in [0, 0.1) is 0 Å². The quantitative estimate of drug-likeness (QED) is 0.190. The van der Waals surface area contributed by atoms with Gasteiger partial charge in [0.05, 0.1) is 6.54 Å². The first-order valence-corrected chi connectivity index (χ1v) is 9.44. The Morgan fingerprint density at radius 2 is 1.84 bits per heavy atom. The van der Waals surface area contributed by atoms with Crippen molar-refractivity contribution in [1.29, 1.82) is 0 Å². The number of nitrogens with one attached hydrogen (secondary N) is 1. The first-order chi connectivity index (χ1) is 14.5. The van der Waals surface area contributed by atoms with Crippen LogP contribution in [0.15, 0.2) is 0 Å². The van der Waals surface area contributed by atoms with Crippen molar-refractivity contribution in [1.82, 2.24) is 20.0 Å². The minimum atomic E-state index is -1.34. The highest BCUT2D eigenvalue weighted by atomic mass is 16.5. The molecule has 3 N–H and O–H groups in total. The number of hydrogen-bond donors (Lipinski definition) is 2. The van der Waals surface area contributed by atoms with Crippen LogP contribution >= 0.6 is 0 Å². The van der Waals surface area contributed by atoms with Crippen LogP contribution in [0.25, 0.3) is 0 Å². The van der Waals surface area contributed by atoms with Crippen LogP contribution in [0.2, 0.25) is 0 Å². The number of likely N-dealkylation sites (N-methyl/N-ethyl adjacent to an activating group) is 2. The largest absolute Gasteiger partial charge is 0.462 e. The molecule has 1 fully saturated rings. The zero-order valence-electron chi connectivity index (χ0n) is 17.7. The van der Waals surface area contributed by atoms with Crippen molar-refractivity contribution in [3.05, 3.63) is 0 Å². The zero-order valence-corrected chi connectivity index (χ0v) is 17.7. The third kappa shape index (κ3) is 7.68. The Bertz CT molecular complexity index is 755. The third-order valence-corrected chi connectivity index (χ3v) is 4.50. The lowest BCUT2D eigenvalue weighted by Gasteiger charge is -2.27. The Hall–Kier alpha value is -3.51. The van der Waals surface area contributed by atoms with Gasteiger partial charge in [0.15, 0.2) is 0 Å². The van der Waals surface area contributed by atoms with E-state index in [1.807, 2.05) is 0 Å². The van der Waals surface area contributed by atoms with Crippen LogP contribution in [0.4, 0.5) is 0 Å². The van der Waals surface area contributed by atoms with Crippen LogP contribution in [-0.2, 0) is 38.3 Å². The summed E-state index contributed by atoms with van der Waals surface area (Å²) >= 11 is 0. The number of carbonyl (C=O) groups excluding carboxylic acids is 7. The second-order valence-corrected chi connectivity index (χ2v) is 7.13. The summed E-state index contributed by atoms with van der Waals surface area (Å²) in [6.45, 7) is 0.0320. The summed E-state index contributed by atoms with van der Waals surface area (Å²) in [5.74, 6) is -4.49. The molecule has 2 unspecified atom stereocenters. The molecular formula is C18H27N5O8. The van der Waals surface area contributed by atoms with E-state index in [2.05, 4.69) is 5.32 Å².